The number of likely N-dealkylation sites (tertiary alicyclic amines) is 1. The molecule has 0 saturated carbocycles. The van der Waals surface area contributed by atoms with Gasteiger partial charge in [-0.15, -0.1) is 12.4 Å². The first-order chi connectivity index (χ1) is 12.6. The molecule has 3 aliphatic rings. The lowest BCUT2D eigenvalue weighted by Crippen LogP contribution is -2.40. The van der Waals surface area contributed by atoms with Crippen molar-refractivity contribution in [1.82, 2.24) is 9.80 Å². The van der Waals surface area contributed by atoms with Gasteiger partial charge < -0.3 is 15.4 Å². The third kappa shape index (κ3) is 3.47. The smallest absolute Gasteiger partial charge is 0.261 e. The van der Waals surface area contributed by atoms with Crippen LogP contribution in [-0.2, 0) is 4.74 Å². The summed E-state index contributed by atoms with van der Waals surface area (Å²) in [6, 6.07) is 4.82. The van der Waals surface area contributed by atoms with E-state index in [9.17, 15) is 14.4 Å². The minimum atomic E-state index is -0.341. The molecule has 0 aliphatic carbocycles. The molecule has 146 valence electrons. The molecule has 1 aromatic rings. The highest BCUT2D eigenvalue weighted by Crippen LogP contribution is 2.27. The van der Waals surface area contributed by atoms with Crippen LogP contribution in [0.1, 0.15) is 56.8 Å². The number of halogens is 1. The fraction of sp³-hybridized carbons (Fsp3) is 0.526. The Balaban J connectivity index is 0.00000210. The Bertz CT molecular complexity index is 763. The molecule has 1 aromatic carbocycles. The molecule has 2 atom stereocenters. The first kappa shape index (κ1) is 19.8. The van der Waals surface area contributed by atoms with Crippen LogP contribution in [0.3, 0.4) is 0 Å². The van der Waals surface area contributed by atoms with Gasteiger partial charge in [-0.25, -0.2) is 0 Å². The van der Waals surface area contributed by atoms with Crippen molar-refractivity contribution in [1.29, 1.82) is 0 Å². The highest BCUT2D eigenvalue weighted by atomic mass is 35.5. The SMILES string of the molecule is Cl.NCC1CCCN1C(=O)c1ccc2c(c1)C(=O)N(CC1CCCO1)C2=O. The number of nitrogens with zero attached hydrogens (tertiary/aromatic N) is 2. The third-order valence-electron chi connectivity index (χ3n) is 5.54. The highest BCUT2D eigenvalue weighted by molar-refractivity contribution is 6.22. The summed E-state index contributed by atoms with van der Waals surface area (Å²) in [5.41, 5.74) is 6.86. The number of ether oxygens (including phenoxy) is 1. The van der Waals surface area contributed by atoms with Crippen molar-refractivity contribution in [2.75, 3.05) is 26.2 Å². The molecule has 0 aromatic heterocycles. The molecule has 3 heterocycles. The number of carbonyl (C=O) groups excluding carboxylic acids is 3. The molecule has 2 saturated heterocycles. The maximum absolute atomic E-state index is 12.8. The number of benzene rings is 1. The normalized spacial score (nSPS) is 24.3. The summed E-state index contributed by atoms with van der Waals surface area (Å²) in [5.74, 6) is -0.772. The third-order valence-corrected chi connectivity index (χ3v) is 5.54. The molecule has 27 heavy (non-hydrogen) atoms. The summed E-state index contributed by atoms with van der Waals surface area (Å²) in [4.78, 5) is 41.1. The minimum absolute atomic E-state index is 0. The zero-order valence-corrected chi connectivity index (χ0v) is 15.9. The summed E-state index contributed by atoms with van der Waals surface area (Å²) >= 11 is 0. The Hall–Kier alpha value is -1.96. The van der Waals surface area contributed by atoms with E-state index in [1.54, 1.807) is 23.1 Å². The van der Waals surface area contributed by atoms with Crippen LogP contribution in [0.25, 0.3) is 0 Å². The van der Waals surface area contributed by atoms with Crippen LogP contribution in [0.4, 0.5) is 0 Å². The van der Waals surface area contributed by atoms with E-state index < -0.39 is 0 Å². The first-order valence-electron chi connectivity index (χ1n) is 9.23. The number of rotatable bonds is 4. The Morgan fingerprint density at radius 1 is 1.15 bits per heavy atom. The Morgan fingerprint density at radius 2 is 1.93 bits per heavy atom. The van der Waals surface area contributed by atoms with E-state index in [0.717, 1.165) is 25.7 Å². The number of imide groups is 1. The van der Waals surface area contributed by atoms with Crippen LogP contribution in [0.15, 0.2) is 18.2 Å². The number of nitrogens with two attached hydrogens (primary N) is 1. The van der Waals surface area contributed by atoms with E-state index in [-0.39, 0.29) is 48.8 Å². The second-order valence-electron chi connectivity index (χ2n) is 7.15. The minimum Gasteiger partial charge on any atom is -0.376 e. The van der Waals surface area contributed by atoms with Crippen LogP contribution in [0, 0.1) is 0 Å². The number of amides is 3. The predicted molar refractivity (Wildman–Crippen MR) is 101 cm³/mol. The highest BCUT2D eigenvalue weighted by Gasteiger charge is 2.38. The summed E-state index contributed by atoms with van der Waals surface area (Å²) in [5, 5.41) is 0. The van der Waals surface area contributed by atoms with Gasteiger partial charge in [-0.1, -0.05) is 0 Å². The van der Waals surface area contributed by atoms with E-state index >= 15 is 0 Å². The van der Waals surface area contributed by atoms with Crippen LogP contribution >= 0.6 is 12.4 Å². The van der Waals surface area contributed by atoms with Crippen molar-refractivity contribution in [3.63, 3.8) is 0 Å². The van der Waals surface area contributed by atoms with Gasteiger partial charge in [-0.3, -0.25) is 19.3 Å². The predicted octanol–water partition coefficient (Wildman–Crippen LogP) is 1.45. The first-order valence-corrected chi connectivity index (χ1v) is 9.23. The zero-order valence-electron chi connectivity index (χ0n) is 15.1. The maximum atomic E-state index is 12.8. The zero-order chi connectivity index (χ0) is 18.3. The molecule has 0 radical (unpaired) electrons. The van der Waals surface area contributed by atoms with Crippen LogP contribution < -0.4 is 5.73 Å². The van der Waals surface area contributed by atoms with Crippen LogP contribution in [0.2, 0.25) is 0 Å². The molecule has 4 rings (SSSR count). The summed E-state index contributed by atoms with van der Waals surface area (Å²) in [7, 11) is 0. The fourth-order valence-electron chi connectivity index (χ4n) is 4.10. The van der Waals surface area contributed by atoms with E-state index in [1.165, 1.54) is 4.90 Å². The lowest BCUT2D eigenvalue weighted by atomic mass is 10.0. The summed E-state index contributed by atoms with van der Waals surface area (Å²) in [6.07, 6.45) is 3.55. The van der Waals surface area contributed by atoms with E-state index in [4.69, 9.17) is 10.5 Å². The lowest BCUT2D eigenvalue weighted by molar-refractivity contribution is 0.0475. The Morgan fingerprint density at radius 3 is 2.63 bits per heavy atom. The summed E-state index contributed by atoms with van der Waals surface area (Å²) < 4.78 is 5.55. The van der Waals surface area contributed by atoms with Gasteiger partial charge in [-0.2, -0.15) is 0 Å². The monoisotopic (exact) mass is 393 g/mol. The van der Waals surface area contributed by atoms with Crippen molar-refractivity contribution in [2.24, 2.45) is 5.73 Å². The van der Waals surface area contributed by atoms with Gasteiger partial charge >= 0.3 is 0 Å². The molecule has 2 fully saturated rings. The van der Waals surface area contributed by atoms with E-state index in [0.29, 0.717) is 36.4 Å². The van der Waals surface area contributed by atoms with E-state index in [1.807, 2.05) is 0 Å². The van der Waals surface area contributed by atoms with Crippen molar-refractivity contribution in [3.8, 4) is 0 Å². The van der Waals surface area contributed by atoms with Gasteiger partial charge in [0, 0.05) is 31.3 Å². The Kier molecular flexibility index (Phi) is 5.83. The fourth-order valence-corrected chi connectivity index (χ4v) is 4.10. The van der Waals surface area contributed by atoms with Crippen molar-refractivity contribution >= 4 is 30.1 Å². The molecular formula is C19H24ClN3O4. The second-order valence-corrected chi connectivity index (χ2v) is 7.15. The van der Waals surface area contributed by atoms with Gasteiger partial charge in [0.05, 0.1) is 23.8 Å². The molecule has 0 bridgehead atoms. The average Bonchev–Trinajstić information content (AvgIpc) is 3.38. The topological polar surface area (TPSA) is 92.9 Å². The number of hydrogen-bond donors (Lipinski definition) is 1. The molecular weight excluding hydrogens is 370 g/mol. The van der Waals surface area contributed by atoms with Crippen LogP contribution in [0.5, 0.6) is 0 Å². The molecule has 2 unspecified atom stereocenters. The quantitative estimate of drug-likeness (QED) is 0.781. The molecule has 0 spiro atoms. The Labute approximate surface area is 164 Å². The van der Waals surface area contributed by atoms with Crippen molar-refractivity contribution < 1.29 is 19.1 Å². The van der Waals surface area contributed by atoms with Crippen molar-refractivity contribution in [2.45, 2.75) is 37.8 Å². The molecule has 3 aliphatic heterocycles. The van der Waals surface area contributed by atoms with Gasteiger partial charge in [0.15, 0.2) is 0 Å². The molecule has 2 N–H and O–H groups in total. The molecule has 3 amide bonds. The van der Waals surface area contributed by atoms with E-state index in [2.05, 4.69) is 0 Å². The molecule has 8 heteroatoms. The maximum Gasteiger partial charge on any atom is 0.261 e. The van der Waals surface area contributed by atoms with Gasteiger partial charge in [0.1, 0.15) is 0 Å². The average molecular weight is 394 g/mol. The van der Waals surface area contributed by atoms with Gasteiger partial charge in [0.25, 0.3) is 17.7 Å². The van der Waals surface area contributed by atoms with Gasteiger partial charge in [-0.05, 0) is 43.9 Å². The summed E-state index contributed by atoms with van der Waals surface area (Å²) in [6.45, 7) is 2.06. The number of carbonyl (C=O) groups is 3. The van der Waals surface area contributed by atoms with Crippen LogP contribution in [-0.4, -0.2) is 65.9 Å². The molecule has 7 nitrogen and oxygen atoms in total. The second kappa shape index (κ2) is 7.96. The number of fused-ring (bicyclic) bond motifs is 1. The van der Waals surface area contributed by atoms with Gasteiger partial charge in [0.2, 0.25) is 0 Å². The number of hydrogen-bond acceptors (Lipinski definition) is 5. The standard InChI is InChI=1S/C19H23N3O4.ClH/c20-10-13-3-1-7-21(13)17(23)12-5-6-15-16(9-12)19(25)22(18(15)24)11-14-4-2-8-26-14;/h5-6,9,13-14H,1-4,7-8,10-11,20H2;1H. The van der Waals surface area contributed by atoms with Crippen molar-refractivity contribution in [3.05, 3.63) is 34.9 Å². The lowest BCUT2D eigenvalue weighted by Gasteiger charge is -2.23. The largest absolute Gasteiger partial charge is 0.376 e.